The average molecular weight is 366 g/mol. The Morgan fingerprint density at radius 3 is 2.76 bits per heavy atom. The third-order valence-electron chi connectivity index (χ3n) is 3.61. The molecular formula is C16H14BrClN2O. The molecule has 1 aliphatic rings. The van der Waals surface area contributed by atoms with Crippen molar-refractivity contribution in [1.29, 1.82) is 0 Å². The molecule has 0 aromatic heterocycles. The molecule has 0 unspecified atom stereocenters. The minimum atomic E-state index is -0.231. The molecule has 1 atom stereocenters. The molecule has 2 aromatic rings. The Hall–Kier alpha value is -1.36. The predicted octanol–water partition coefficient (Wildman–Crippen LogP) is 3.76. The summed E-state index contributed by atoms with van der Waals surface area (Å²) in [6, 6.07) is 13.4. The second-order valence-electron chi connectivity index (χ2n) is 5.00. The lowest BCUT2D eigenvalue weighted by molar-refractivity contribution is -0.118. The van der Waals surface area contributed by atoms with E-state index in [1.165, 1.54) is 11.1 Å². The molecule has 2 aromatic carbocycles. The molecule has 0 saturated heterocycles. The highest BCUT2D eigenvalue weighted by Gasteiger charge is 2.24. The molecule has 5 heteroatoms. The van der Waals surface area contributed by atoms with Crippen LogP contribution in [0.25, 0.3) is 0 Å². The molecule has 1 amide bonds. The van der Waals surface area contributed by atoms with E-state index >= 15 is 0 Å². The van der Waals surface area contributed by atoms with E-state index in [2.05, 4.69) is 38.7 Å². The van der Waals surface area contributed by atoms with Gasteiger partial charge in [0.1, 0.15) is 0 Å². The molecule has 3 rings (SSSR count). The van der Waals surface area contributed by atoms with E-state index < -0.39 is 0 Å². The largest absolute Gasteiger partial charge is 0.324 e. The van der Waals surface area contributed by atoms with Crippen molar-refractivity contribution in [1.82, 2.24) is 5.32 Å². The monoisotopic (exact) mass is 364 g/mol. The zero-order valence-corrected chi connectivity index (χ0v) is 13.5. The highest BCUT2D eigenvalue weighted by Crippen LogP contribution is 2.30. The molecular weight excluding hydrogens is 352 g/mol. The highest BCUT2D eigenvalue weighted by atomic mass is 79.9. The van der Waals surface area contributed by atoms with Gasteiger partial charge in [0.15, 0.2) is 0 Å². The van der Waals surface area contributed by atoms with Gasteiger partial charge in [-0.25, -0.2) is 0 Å². The van der Waals surface area contributed by atoms with Crippen molar-refractivity contribution in [2.45, 2.75) is 19.0 Å². The first-order valence-electron chi connectivity index (χ1n) is 6.70. The lowest BCUT2D eigenvalue weighted by atomic mass is 9.95. The number of hydrogen-bond donors (Lipinski definition) is 2. The van der Waals surface area contributed by atoms with Crippen LogP contribution in [-0.2, 0) is 17.8 Å². The van der Waals surface area contributed by atoms with Gasteiger partial charge in [-0.2, -0.15) is 0 Å². The smallest absolute Gasteiger partial charge is 0.241 e. The first-order valence-corrected chi connectivity index (χ1v) is 7.87. The SMILES string of the molecule is O=C(Nc1cccc(Cl)c1Br)[C@H]1Cc2ccccc2CN1. The quantitative estimate of drug-likeness (QED) is 0.851. The summed E-state index contributed by atoms with van der Waals surface area (Å²) in [5.41, 5.74) is 3.17. The van der Waals surface area contributed by atoms with Crippen molar-refractivity contribution in [3.05, 3.63) is 63.1 Å². The summed E-state index contributed by atoms with van der Waals surface area (Å²) >= 11 is 9.43. The number of fused-ring (bicyclic) bond motifs is 1. The second-order valence-corrected chi connectivity index (χ2v) is 6.20. The minimum Gasteiger partial charge on any atom is -0.324 e. The fourth-order valence-corrected chi connectivity index (χ4v) is 3.00. The first kappa shape index (κ1) is 14.6. The number of halogens is 2. The van der Waals surface area contributed by atoms with E-state index in [4.69, 9.17) is 11.6 Å². The number of amides is 1. The van der Waals surface area contributed by atoms with Crippen LogP contribution < -0.4 is 10.6 Å². The van der Waals surface area contributed by atoms with E-state index in [0.717, 1.165) is 0 Å². The van der Waals surface area contributed by atoms with Crippen LogP contribution in [0.1, 0.15) is 11.1 Å². The summed E-state index contributed by atoms with van der Waals surface area (Å²) in [6.07, 6.45) is 0.695. The minimum absolute atomic E-state index is 0.0486. The van der Waals surface area contributed by atoms with Crippen LogP contribution in [0.15, 0.2) is 46.9 Å². The Morgan fingerprint density at radius 2 is 1.95 bits per heavy atom. The van der Waals surface area contributed by atoms with Gasteiger partial charge in [0.05, 0.1) is 21.2 Å². The summed E-state index contributed by atoms with van der Waals surface area (Å²) in [5, 5.41) is 6.77. The van der Waals surface area contributed by atoms with Crippen molar-refractivity contribution in [3.8, 4) is 0 Å². The molecule has 0 radical (unpaired) electrons. The zero-order valence-electron chi connectivity index (χ0n) is 11.2. The van der Waals surface area contributed by atoms with Crippen LogP contribution in [0.4, 0.5) is 5.69 Å². The highest BCUT2D eigenvalue weighted by molar-refractivity contribution is 9.10. The van der Waals surface area contributed by atoms with E-state index in [-0.39, 0.29) is 11.9 Å². The molecule has 2 N–H and O–H groups in total. The summed E-state index contributed by atoms with van der Waals surface area (Å²) in [7, 11) is 0. The Morgan fingerprint density at radius 1 is 1.19 bits per heavy atom. The molecule has 1 aliphatic heterocycles. The number of carbonyl (C=O) groups excluding carboxylic acids is 1. The summed E-state index contributed by atoms with van der Waals surface area (Å²) in [4.78, 5) is 12.4. The molecule has 3 nitrogen and oxygen atoms in total. The van der Waals surface area contributed by atoms with E-state index in [1.807, 2.05) is 24.3 Å². The van der Waals surface area contributed by atoms with Gasteiger partial charge in [0, 0.05) is 6.54 Å². The lowest BCUT2D eigenvalue weighted by Crippen LogP contribution is -2.44. The maximum atomic E-state index is 12.4. The van der Waals surface area contributed by atoms with Gasteiger partial charge in [0.25, 0.3) is 0 Å². The van der Waals surface area contributed by atoms with Crippen LogP contribution in [0, 0.1) is 0 Å². The Balaban J connectivity index is 1.74. The van der Waals surface area contributed by atoms with Crippen molar-refractivity contribution in [3.63, 3.8) is 0 Å². The molecule has 1 heterocycles. The Kier molecular flexibility index (Phi) is 4.29. The standard InChI is InChI=1S/C16H14BrClN2O/c17-15-12(18)6-3-7-13(15)20-16(21)14-8-10-4-1-2-5-11(10)9-19-14/h1-7,14,19H,8-9H2,(H,20,21)/t14-/m1/s1. The molecule has 0 bridgehead atoms. The van der Waals surface area contributed by atoms with Crippen LogP contribution in [0.3, 0.4) is 0 Å². The normalized spacial score (nSPS) is 17.1. The van der Waals surface area contributed by atoms with E-state index in [0.29, 0.717) is 28.1 Å². The van der Waals surface area contributed by atoms with Gasteiger partial charge in [-0.15, -0.1) is 0 Å². The van der Waals surface area contributed by atoms with Crippen molar-refractivity contribution < 1.29 is 4.79 Å². The topological polar surface area (TPSA) is 41.1 Å². The number of nitrogens with one attached hydrogen (secondary N) is 2. The van der Waals surface area contributed by atoms with Crippen LogP contribution in [0.5, 0.6) is 0 Å². The second kappa shape index (κ2) is 6.18. The van der Waals surface area contributed by atoms with Crippen LogP contribution in [0.2, 0.25) is 5.02 Å². The average Bonchev–Trinajstić information content (AvgIpc) is 2.51. The molecule has 108 valence electrons. The number of rotatable bonds is 2. The third kappa shape index (κ3) is 3.12. The number of carbonyl (C=O) groups is 1. The van der Waals surface area contributed by atoms with Crippen molar-refractivity contribution >= 4 is 39.1 Å². The zero-order chi connectivity index (χ0) is 14.8. The number of hydrogen-bond acceptors (Lipinski definition) is 2. The van der Waals surface area contributed by atoms with Crippen molar-refractivity contribution in [2.24, 2.45) is 0 Å². The Bertz CT molecular complexity index is 690. The fraction of sp³-hybridized carbons (Fsp3) is 0.188. The predicted molar refractivity (Wildman–Crippen MR) is 88.6 cm³/mol. The molecule has 0 fully saturated rings. The summed E-state index contributed by atoms with van der Waals surface area (Å²) < 4.78 is 0.705. The summed E-state index contributed by atoms with van der Waals surface area (Å²) in [6.45, 7) is 0.713. The van der Waals surface area contributed by atoms with Crippen molar-refractivity contribution in [2.75, 3.05) is 5.32 Å². The fourth-order valence-electron chi connectivity index (χ4n) is 2.46. The van der Waals surface area contributed by atoms with Gasteiger partial charge in [-0.05, 0) is 45.6 Å². The van der Waals surface area contributed by atoms with Gasteiger partial charge in [-0.1, -0.05) is 41.9 Å². The van der Waals surface area contributed by atoms with E-state index in [1.54, 1.807) is 6.07 Å². The molecule has 21 heavy (non-hydrogen) atoms. The molecule has 0 saturated carbocycles. The third-order valence-corrected chi connectivity index (χ3v) is 5.00. The molecule has 0 spiro atoms. The number of anilines is 1. The maximum Gasteiger partial charge on any atom is 0.241 e. The molecule has 0 aliphatic carbocycles. The van der Waals surface area contributed by atoms with Gasteiger partial charge >= 0.3 is 0 Å². The van der Waals surface area contributed by atoms with Crippen LogP contribution in [-0.4, -0.2) is 11.9 Å². The lowest BCUT2D eigenvalue weighted by Gasteiger charge is -2.25. The van der Waals surface area contributed by atoms with Crippen LogP contribution >= 0.6 is 27.5 Å². The van der Waals surface area contributed by atoms with Gasteiger partial charge < -0.3 is 10.6 Å². The summed E-state index contributed by atoms with van der Waals surface area (Å²) in [5.74, 6) is -0.0486. The van der Waals surface area contributed by atoms with Gasteiger partial charge in [0.2, 0.25) is 5.91 Å². The first-order chi connectivity index (χ1) is 10.1. The maximum absolute atomic E-state index is 12.4. The van der Waals surface area contributed by atoms with E-state index in [9.17, 15) is 4.79 Å². The Labute approximate surface area is 136 Å². The van der Waals surface area contributed by atoms with Gasteiger partial charge in [-0.3, -0.25) is 4.79 Å². The number of benzene rings is 2.